The first-order valence-electron chi connectivity index (χ1n) is 6.63. The average molecular weight is 309 g/mol. The lowest BCUT2D eigenvalue weighted by Crippen LogP contribution is -2.19. The van der Waals surface area contributed by atoms with Crippen LogP contribution in [0, 0.1) is 16.7 Å². The second kappa shape index (κ2) is 4.61. The van der Waals surface area contributed by atoms with Gasteiger partial charge in [0.2, 0.25) is 6.79 Å². The highest BCUT2D eigenvalue weighted by molar-refractivity contribution is 7.92. The van der Waals surface area contributed by atoms with Gasteiger partial charge in [-0.1, -0.05) is 13.0 Å². The number of fused-ring (bicyclic) bond motifs is 1. The van der Waals surface area contributed by atoms with E-state index in [9.17, 15) is 18.8 Å². The fraction of sp³-hybridized carbons (Fsp3) is 0.500. The highest BCUT2D eigenvalue weighted by Crippen LogP contribution is 2.63. The van der Waals surface area contributed by atoms with Gasteiger partial charge < -0.3 is 14.6 Å². The Morgan fingerprint density at radius 2 is 2.14 bits per heavy atom. The van der Waals surface area contributed by atoms with Crippen LogP contribution in [0.2, 0.25) is 0 Å². The maximum Gasteiger partial charge on any atom is 0.231 e. The molecule has 0 amide bonds. The molecule has 0 radical (unpaired) electrons. The molecule has 1 aliphatic carbocycles. The molecule has 1 aromatic carbocycles. The fourth-order valence-corrected chi connectivity index (χ4v) is 5.06. The molecule has 0 spiro atoms. The van der Waals surface area contributed by atoms with E-state index in [1.807, 2.05) is 6.07 Å². The van der Waals surface area contributed by atoms with Crippen molar-refractivity contribution in [2.45, 2.75) is 18.1 Å². The first-order valence-corrected chi connectivity index (χ1v) is 8.35. The Hall–Kier alpha value is -1.78. The molecule has 0 bridgehead atoms. The lowest BCUT2D eigenvalue weighted by atomic mass is 10.0. The number of ether oxygens (including phenoxy) is 2. The molecular formula is C14H15NO5S. The zero-order valence-electron chi connectivity index (χ0n) is 11.4. The van der Waals surface area contributed by atoms with Crippen LogP contribution in [0.15, 0.2) is 18.2 Å². The van der Waals surface area contributed by atoms with Crippen LogP contribution in [0.3, 0.4) is 0 Å². The Morgan fingerprint density at radius 3 is 2.76 bits per heavy atom. The van der Waals surface area contributed by atoms with Crippen LogP contribution in [0.1, 0.15) is 18.4 Å². The van der Waals surface area contributed by atoms with Crippen molar-refractivity contribution in [3.05, 3.63) is 23.8 Å². The SMILES string of the molecule is CCS(=O)(=O)[C@@H]1[C@H](c2ccc3c(c2)OCO3)[C@@]1(C#N)CO. The van der Waals surface area contributed by atoms with Gasteiger partial charge >= 0.3 is 0 Å². The molecule has 3 atom stereocenters. The second-order valence-corrected chi connectivity index (χ2v) is 7.68. The molecule has 3 rings (SSSR count). The molecule has 21 heavy (non-hydrogen) atoms. The van der Waals surface area contributed by atoms with Gasteiger partial charge in [0.1, 0.15) is 5.41 Å². The van der Waals surface area contributed by atoms with Crippen molar-refractivity contribution in [1.29, 1.82) is 5.26 Å². The van der Waals surface area contributed by atoms with Gasteiger partial charge in [-0.3, -0.25) is 0 Å². The topological polar surface area (TPSA) is 96.6 Å². The number of hydrogen-bond donors (Lipinski definition) is 1. The molecule has 112 valence electrons. The van der Waals surface area contributed by atoms with E-state index < -0.39 is 33.0 Å². The molecule has 0 aromatic heterocycles. The van der Waals surface area contributed by atoms with E-state index in [4.69, 9.17) is 9.47 Å². The summed E-state index contributed by atoms with van der Waals surface area (Å²) in [5.41, 5.74) is -0.584. The van der Waals surface area contributed by atoms with Gasteiger partial charge in [0.25, 0.3) is 0 Å². The van der Waals surface area contributed by atoms with E-state index in [0.717, 1.165) is 0 Å². The number of nitrogens with zero attached hydrogens (tertiary/aromatic N) is 1. The van der Waals surface area contributed by atoms with E-state index in [1.165, 1.54) is 0 Å². The maximum atomic E-state index is 12.2. The normalized spacial score (nSPS) is 30.0. The van der Waals surface area contributed by atoms with Crippen LogP contribution < -0.4 is 9.47 Å². The van der Waals surface area contributed by atoms with Gasteiger partial charge in [-0.25, -0.2) is 8.42 Å². The Labute approximate surface area is 122 Å². The molecule has 7 heteroatoms. The molecule has 1 heterocycles. The fourth-order valence-electron chi connectivity index (χ4n) is 3.05. The zero-order valence-corrected chi connectivity index (χ0v) is 12.3. The summed E-state index contributed by atoms with van der Waals surface area (Å²) in [4.78, 5) is 0. The van der Waals surface area contributed by atoms with E-state index in [1.54, 1.807) is 25.1 Å². The first kappa shape index (κ1) is 14.2. The highest BCUT2D eigenvalue weighted by atomic mass is 32.2. The van der Waals surface area contributed by atoms with Crippen LogP contribution in [0.5, 0.6) is 11.5 Å². The number of benzene rings is 1. The Balaban J connectivity index is 2.03. The molecule has 1 saturated carbocycles. The minimum atomic E-state index is -3.42. The van der Waals surface area contributed by atoms with Crippen molar-refractivity contribution in [3.63, 3.8) is 0 Å². The van der Waals surface area contributed by atoms with Crippen molar-refractivity contribution in [2.24, 2.45) is 5.41 Å². The number of hydrogen-bond acceptors (Lipinski definition) is 6. The monoisotopic (exact) mass is 309 g/mol. The summed E-state index contributed by atoms with van der Waals surface area (Å²) in [7, 11) is -3.42. The summed E-state index contributed by atoms with van der Waals surface area (Å²) in [6, 6.07) is 7.13. The molecule has 0 unspecified atom stereocenters. The van der Waals surface area contributed by atoms with Crippen molar-refractivity contribution in [1.82, 2.24) is 0 Å². The van der Waals surface area contributed by atoms with Crippen LogP contribution in [-0.4, -0.2) is 37.9 Å². The summed E-state index contributed by atoms with van der Waals surface area (Å²) in [6.45, 7) is 1.19. The Bertz CT molecular complexity index is 723. The summed E-state index contributed by atoms with van der Waals surface area (Å²) < 4.78 is 34.9. The molecule has 1 aromatic rings. The van der Waals surface area contributed by atoms with Crippen molar-refractivity contribution >= 4 is 9.84 Å². The predicted octanol–water partition coefficient (Wildman–Crippen LogP) is 0.818. The Kier molecular flexibility index (Phi) is 3.11. The quantitative estimate of drug-likeness (QED) is 0.884. The van der Waals surface area contributed by atoms with Crippen LogP contribution >= 0.6 is 0 Å². The molecule has 0 saturated heterocycles. The number of nitriles is 1. The van der Waals surface area contributed by atoms with Gasteiger partial charge in [-0.2, -0.15) is 5.26 Å². The molecule has 1 fully saturated rings. The smallest absolute Gasteiger partial charge is 0.231 e. The van der Waals surface area contributed by atoms with Gasteiger partial charge in [0, 0.05) is 11.7 Å². The largest absolute Gasteiger partial charge is 0.454 e. The van der Waals surface area contributed by atoms with E-state index >= 15 is 0 Å². The zero-order chi connectivity index (χ0) is 15.3. The van der Waals surface area contributed by atoms with Crippen molar-refractivity contribution < 1.29 is 23.0 Å². The predicted molar refractivity (Wildman–Crippen MR) is 73.7 cm³/mol. The van der Waals surface area contributed by atoms with E-state index in [2.05, 4.69) is 0 Å². The lowest BCUT2D eigenvalue weighted by Gasteiger charge is -2.04. The number of sulfone groups is 1. The number of aliphatic hydroxyl groups is 1. The Morgan fingerprint density at radius 1 is 1.43 bits per heavy atom. The summed E-state index contributed by atoms with van der Waals surface area (Å²) in [5, 5.41) is 18.1. The van der Waals surface area contributed by atoms with Crippen LogP contribution in [0.4, 0.5) is 0 Å². The van der Waals surface area contributed by atoms with E-state index in [0.29, 0.717) is 17.1 Å². The third-order valence-corrected chi connectivity index (χ3v) is 6.54. The van der Waals surface area contributed by atoms with E-state index in [-0.39, 0.29) is 12.5 Å². The third-order valence-electron chi connectivity index (χ3n) is 4.27. The summed E-state index contributed by atoms with van der Waals surface area (Å²) in [6.07, 6.45) is 0. The minimum Gasteiger partial charge on any atom is -0.454 e. The van der Waals surface area contributed by atoms with Gasteiger partial charge in [0.15, 0.2) is 21.3 Å². The highest BCUT2D eigenvalue weighted by Gasteiger charge is 2.71. The minimum absolute atomic E-state index is 0.0534. The molecule has 2 aliphatic rings. The standard InChI is InChI=1S/C14H15NO5S/c1-2-21(17,18)13-12(14(13,6-15)7-16)9-3-4-10-11(5-9)20-8-19-10/h3-5,12-13,16H,2,7-8H2,1H3/t12-,13+,14+/m0/s1. The maximum absolute atomic E-state index is 12.2. The summed E-state index contributed by atoms with van der Waals surface area (Å²) in [5.74, 6) is 0.548. The average Bonchev–Trinajstić information content (AvgIpc) is 2.98. The third kappa shape index (κ3) is 1.90. The second-order valence-electron chi connectivity index (χ2n) is 5.27. The van der Waals surface area contributed by atoms with Crippen molar-refractivity contribution in [2.75, 3.05) is 19.2 Å². The lowest BCUT2D eigenvalue weighted by molar-refractivity contribution is 0.174. The molecular weight excluding hydrogens is 294 g/mol. The van der Waals surface area contributed by atoms with Crippen molar-refractivity contribution in [3.8, 4) is 17.6 Å². The molecule has 1 N–H and O–H groups in total. The van der Waals surface area contributed by atoms with Gasteiger partial charge in [0.05, 0.1) is 17.9 Å². The van der Waals surface area contributed by atoms with Crippen LogP contribution in [-0.2, 0) is 9.84 Å². The first-order chi connectivity index (χ1) is 10.00. The van der Waals surface area contributed by atoms with Crippen LogP contribution in [0.25, 0.3) is 0 Å². The van der Waals surface area contributed by atoms with Gasteiger partial charge in [-0.05, 0) is 17.7 Å². The number of aliphatic hydroxyl groups excluding tert-OH is 1. The number of rotatable bonds is 4. The van der Waals surface area contributed by atoms with Gasteiger partial charge in [-0.15, -0.1) is 0 Å². The molecule has 6 nitrogen and oxygen atoms in total. The molecule has 1 aliphatic heterocycles. The summed E-state index contributed by atoms with van der Waals surface area (Å²) >= 11 is 0.